The van der Waals surface area contributed by atoms with Crippen LogP contribution in [0.25, 0.3) is 0 Å². The lowest BCUT2D eigenvalue weighted by Gasteiger charge is -2.18. The lowest BCUT2D eigenvalue weighted by molar-refractivity contribution is -0.121. The van der Waals surface area contributed by atoms with Crippen molar-refractivity contribution in [3.05, 3.63) is 70.7 Å². The molecular weight excluding hydrogens is 362 g/mol. The average Bonchev–Trinajstić information content (AvgIpc) is 2.56. The summed E-state index contributed by atoms with van der Waals surface area (Å²) >= 11 is 5.79. The van der Waals surface area contributed by atoms with Crippen molar-refractivity contribution in [3.63, 3.8) is 0 Å². The van der Waals surface area contributed by atoms with Crippen molar-refractivity contribution in [2.45, 2.75) is 6.54 Å². The smallest absolute Gasteiger partial charge is 0.255 e. The van der Waals surface area contributed by atoms with Crippen molar-refractivity contribution in [1.29, 1.82) is 0 Å². The van der Waals surface area contributed by atoms with Crippen LogP contribution in [0.1, 0.15) is 11.1 Å². The van der Waals surface area contributed by atoms with Gasteiger partial charge in [0.2, 0.25) is 10.0 Å². The predicted octanol–water partition coefficient (Wildman–Crippen LogP) is 2.25. The third-order valence-corrected chi connectivity index (χ3v) is 4.71. The first-order valence-electron chi connectivity index (χ1n) is 7.41. The highest BCUT2D eigenvalue weighted by atomic mass is 35.5. The molecule has 0 saturated carbocycles. The van der Waals surface area contributed by atoms with Crippen LogP contribution in [0, 0.1) is 0 Å². The van der Waals surface area contributed by atoms with Gasteiger partial charge in [-0.3, -0.25) is 4.79 Å². The molecule has 0 atom stereocenters. The molecule has 0 saturated heterocycles. The number of nitrogens with one attached hydrogen (secondary N) is 1. The van der Waals surface area contributed by atoms with Gasteiger partial charge in [0.1, 0.15) is 0 Å². The van der Waals surface area contributed by atoms with E-state index in [4.69, 9.17) is 11.6 Å². The molecule has 1 N–H and O–H groups in total. The quantitative estimate of drug-likeness (QED) is 0.592. The molecule has 132 valence electrons. The zero-order chi connectivity index (χ0) is 18.3. The van der Waals surface area contributed by atoms with Crippen molar-refractivity contribution in [3.8, 4) is 0 Å². The summed E-state index contributed by atoms with van der Waals surface area (Å²) in [5, 5.41) is 4.43. The number of hydrogen-bond acceptors (Lipinski definition) is 4. The minimum atomic E-state index is -3.53. The van der Waals surface area contributed by atoms with Gasteiger partial charge in [-0.2, -0.15) is 9.41 Å². The molecule has 0 heterocycles. The molecule has 0 unspecified atom stereocenters. The second-order valence-corrected chi connectivity index (χ2v) is 7.78. The number of sulfonamides is 1. The largest absolute Gasteiger partial charge is 0.272 e. The third-order valence-electron chi connectivity index (χ3n) is 3.26. The highest BCUT2D eigenvalue weighted by Gasteiger charge is 2.20. The Bertz CT molecular complexity index is 837. The minimum Gasteiger partial charge on any atom is -0.272 e. The minimum absolute atomic E-state index is 0.119. The standard InChI is InChI=1S/C17H18ClN3O3S/c1-25(23,24)21(12-15-5-3-2-4-6-15)13-17(22)20-19-11-14-7-9-16(18)10-8-14/h2-11H,12-13H2,1H3,(H,20,22)/b19-11-. The highest BCUT2D eigenvalue weighted by molar-refractivity contribution is 7.88. The van der Waals surface area contributed by atoms with Gasteiger partial charge < -0.3 is 0 Å². The van der Waals surface area contributed by atoms with Gasteiger partial charge in [0, 0.05) is 11.6 Å². The third kappa shape index (κ3) is 6.66. The van der Waals surface area contributed by atoms with Gasteiger partial charge in [-0.1, -0.05) is 54.1 Å². The maximum absolute atomic E-state index is 12.0. The van der Waals surface area contributed by atoms with Gasteiger partial charge in [-0.05, 0) is 23.3 Å². The van der Waals surface area contributed by atoms with E-state index in [0.29, 0.717) is 5.02 Å². The lowest BCUT2D eigenvalue weighted by atomic mass is 10.2. The molecule has 1 amide bonds. The molecule has 2 rings (SSSR count). The van der Waals surface area contributed by atoms with E-state index in [0.717, 1.165) is 21.7 Å². The summed E-state index contributed by atoms with van der Waals surface area (Å²) in [4.78, 5) is 12.0. The van der Waals surface area contributed by atoms with Gasteiger partial charge in [0.25, 0.3) is 5.91 Å². The molecule has 0 bridgehead atoms. The van der Waals surface area contributed by atoms with E-state index in [-0.39, 0.29) is 13.1 Å². The van der Waals surface area contributed by atoms with Crippen LogP contribution < -0.4 is 5.43 Å². The van der Waals surface area contributed by atoms with Crippen molar-refractivity contribution in [2.24, 2.45) is 5.10 Å². The van der Waals surface area contributed by atoms with E-state index in [1.165, 1.54) is 6.21 Å². The molecular formula is C17H18ClN3O3S. The molecule has 0 aromatic heterocycles. The molecule has 0 radical (unpaired) electrons. The van der Waals surface area contributed by atoms with E-state index >= 15 is 0 Å². The van der Waals surface area contributed by atoms with Gasteiger partial charge in [-0.25, -0.2) is 13.8 Å². The van der Waals surface area contributed by atoms with Crippen LogP contribution in [0.4, 0.5) is 0 Å². The number of hydrazone groups is 1. The molecule has 0 spiro atoms. The van der Waals surface area contributed by atoms with E-state index in [1.54, 1.807) is 36.4 Å². The second kappa shape index (κ2) is 8.75. The Balaban J connectivity index is 1.96. The molecule has 0 fully saturated rings. The molecule has 2 aromatic carbocycles. The summed E-state index contributed by atoms with van der Waals surface area (Å²) in [6.07, 6.45) is 2.52. The van der Waals surface area contributed by atoms with Crippen LogP contribution in [-0.2, 0) is 21.4 Å². The van der Waals surface area contributed by atoms with E-state index in [1.807, 2.05) is 18.2 Å². The van der Waals surface area contributed by atoms with E-state index < -0.39 is 15.9 Å². The van der Waals surface area contributed by atoms with Gasteiger partial charge in [0.15, 0.2) is 0 Å². The van der Waals surface area contributed by atoms with Gasteiger partial charge >= 0.3 is 0 Å². The predicted molar refractivity (Wildman–Crippen MR) is 98.9 cm³/mol. The number of carbonyl (C=O) groups is 1. The van der Waals surface area contributed by atoms with Gasteiger partial charge in [0.05, 0.1) is 19.0 Å². The molecule has 0 aliphatic carbocycles. The second-order valence-electron chi connectivity index (χ2n) is 5.36. The average molecular weight is 380 g/mol. The van der Waals surface area contributed by atoms with Crippen LogP contribution in [0.2, 0.25) is 5.02 Å². The normalized spacial score (nSPS) is 11.8. The number of rotatable bonds is 7. The first kappa shape index (κ1) is 19.1. The Hall–Kier alpha value is -2.22. The first-order chi connectivity index (χ1) is 11.8. The molecule has 6 nitrogen and oxygen atoms in total. The fourth-order valence-corrected chi connectivity index (χ4v) is 2.86. The highest BCUT2D eigenvalue weighted by Crippen LogP contribution is 2.09. The summed E-state index contributed by atoms with van der Waals surface area (Å²) in [5.41, 5.74) is 3.88. The summed E-state index contributed by atoms with van der Waals surface area (Å²) in [5.74, 6) is -0.522. The Labute approximate surface area is 152 Å². The van der Waals surface area contributed by atoms with Crippen LogP contribution >= 0.6 is 11.6 Å². The summed E-state index contributed by atoms with van der Waals surface area (Å²) in [7, 11) is -3.53. The van der Waals surface area contributed by atoms with Crippen molar-refractivity contribution in [2.75, 3.05) is 12.8 Å². The number of amides is 1. The Morgan fingerprint density at radius 1 is 1.16 bits per heavy atom. The number of carbonyl (C=O) groups excluding carboxylic acids is 1. The summed E-state index contributed by atoms with van der Waals surface area (Å²) in [6.45, 7) is -0.195. The van der Waals surface area contributed by atoms with E-state index in [9.17, 15) is 13.2 Å². The maximum Gasteiger partial charge on any atom is 0.255 e. The molecule has 2 aromatic rings. The van der Waals surface area contributed by atoms with Crippen LogP contribution in [0.5, 0.6) is 0 Å². The Kier molecular flexibility index (Phi) is 6.69. The zero-order valence-corrected chi connectivity index (χ0v) is 15.2. The summed E-state index contributed by atoms with van der Waals surface area (Å²) < 4.78 is 24.9. The molecule has 0 aliphatic heterocycles. The molecule has 25 heavy (non-hydrogen) atoms. The Morgan fingerprint density at radius 2 is 1.80 bits per heavy atom. The SMILES string of the molecule is CS(=O)(=O)N(CC(=O)N/N=C\c1ccc(Cl)cc1)Cc1ccccc1. The number of halogens is 1. The fourth-order valence-electron chi connectivity index (χ4n) is 2.00. The maximum atomic E-state index is 12.0. The van der Waals surface area contributed by atoms with Crippen molar-refractivity contribution >= 4 is 33.7 Å². The molecule has 8 heteroatoms. The fraction of sp³-hybridized carbons (Fsp3) is 0.176. The number of benzene rings is 2. The monoisotopic (exact) mass is 379 g/mol. The van der Waals surface area contributed by atoms with Gasteiger partial charge in [-0.15, -0.1) is 0 Å². The van der Waals surface area contributed by atoms with Crippen LogP contribution in [0.3, 0.4) is 0 Å². The first-order valence-corrected chi connectivity index (χ1v) is 9.64. The van der Waals surface area contributed by atoms with Crippen LogP contribution in [0.15, 0.2) is 59.7 Å². The zero-order valence-electron chi connectivity index (χ0n) is 13.6. The number of hydrogen-bond donors (Lipinski definition) is 1. The van der Waals surface area contributed by atoms with Crippen molar-refractivity contribution in [1.82, 2.24) is 9.73 Å². The summed E-state index contributed by atoms with van der Waals surface area (Å²) in [6, 6.07) is 16.0. The topological polar surface area (TPSA) is 78.8 Å². The molecule has 0 aliphatic rings. The Morgan fingerprint density at radius 3 is 2.40 bits per heavy atom. The van der Waals surface area contributed by atoms with Crippen LogP contribution in [-0.4, -0.2) is 37.6 Å². The van der Waals surface area contributed by atoms with E-state index in [2.05, 4.69) is 10.5 Å². The lowest BCUT2D eigenvalue weighted by Crippen LogP contribution is -2.38. The number of nitrogens with zero attached hydrogens (tertiary/aromatic N) is 2. The van der Waals surface area contributed by atoms with Crippen molar-refractivity contribution < 1.29 is 13.2 Å².